The van der Waals surface area contributed by atoms with Crippen molar-refractivity contribution in [3.05, 3.63) is 30.0 Å². The molecule has 10 nitrogen and oxygen atoms in total. The third-order valence-corrected chi connectivity index (χ3v) is 6.67. The number of amides is 2. The summed E-state index contributed by atoms with van der Waals surface area (Å²) in [5.74, 6) is 0.205. The molecule has 0 spiro atoms. The fraction of sp³-hybridized carbons (Fsp3) is 0.621. The summed E-state index contributed by atoms with van der Waals surface area (Å²) < 4.78 is 5.51. The van der Waals surface area contributed by atoms with Gasteiger partial charge in [0.15, 0.2) is 0 Å². The van der Waals surface area contributed by atoms with Crippen molar-refractivity contribution < 1.29 is 14.3 Å². The lowest BCUT2D eigenvalue weighted by molar-refractivity contribution is -0.129. The van der Waals surface area contributed by atoms with Gasteiger partial charge in [-0.25, -0.2) is 0 Å². The average Bonchev–Trinajstić information content (AvgIpc) is 2.90. The maximum absolute atomic E-state index is 12.8. The Bertz CT molecular complexity index is 1090. The molecule has 0 radical (unpaired) electrons. The van der Waals surface area contributed by atoms with E-state index in [-0.39, 0.29) is 72.9 Å². The van der Waals surface area contributed by atoms with Gasteiger partial charge in [0.2, 0.25) is 11.8 Å². The second-order valence-corrected chi connectivity index (χ2v) is 11.2. The van der Waals surface area contributed by atoms with Crippen LogP contribution in [0.2, 0.25) is 0 Å². The molecule has 43 heavy (non-hydrogen) atoms. The topological polar surface area (TPSA) is 170 Å². The smallest absolute Gasteiger partial charge is 0.242 e. The normalized spacial score (nSPS) is 12.7. The van der Waals surface area contributed by atoms with Gasteiger partial charge in [-0.1, -0.05) is 26.8 Å². The van der Waals surface area contributed by atoms with Crippen molar-refractivity contribution in [1.29, 1.82) is 0 Å². The number of fused-ring (bicyclic) bond motifs is 1. The number of carbonyl (C=O) groups excluding carboxylic acids is 2. The van der Waals surface area contributed by atoms with E-state index in [4.69, 9.17) is 26.9 Å². The van der Waals surface area contributed by atoms with Gasteiger partial charge in [-0.15, -0.1) is 49.6 Å². The van der Waals surface area contributed by atoms with Crippen molar-refractivity contribution in [2.75, 3.05) is 32.1 Å². The summed E-state index contributed by atoms with van der Waals surface area (Å²) in [6.07, 6.45) is 3.80. The molecule has 2 aromatic rings. The molecule has 0 aliphatic rings. The Labute approximate surface area is 281 Å². The van der Waals surface area contributed by atoms with E-state index >= 15 is 0 Å². The van der Waals surface area contributed by atoms with Crippen LogP contribution in [0.1, 0.15) is 71.9 Å². The number of rotatable bonds is 16. The van der Waals surface area contributed by atoms with E-state index in [1.54, 1.807) is 7.11 Å². The van der Waals surface area contributed by atoms with Crippen LogP contribution in [0.25, 0.3) is 10.9 Å². The first-order valence-corrected chi connectivity index (χ1v) is 14.0. The molecule has 2 amide bonds. The molecule has 0 saturated carbocycles. The van der Waals surface area contributed by atoms with Gasteiger partial charge in [-0.2, -0.15) is 0 Å². The van der Waals surface area contributed by atoms with Crippen LogP contribution in [0.4, 0.5) is 5.69 Å². The highest BCUT2D eigenvalue weighted by atomic mass is 35.5. The number of nitrogens with one attached hydrogen (secondary N) is 3. The molecular weight excluding hydrogens is 636 g/mol. The van der Waals surface area contributed by atoms with E-state index in [2.05, 4.69) is 55.8 Å². The van der Waals surface area contributed by atoms with Crippen LogP contribution < -0.4 is 37.9 Å². The summed E-state index contributed by atoms with van der Waals surface area (Å²) in [6.45, 7) is 9.95. The summed E-state index contributed by atoms with van der Waals surface area (Å²) in [6, 6.07) is 6.90. The molecule has 0 aliphatic carbocycles. The van der Waals surface area contributed by atoms with Crippen LogP contribution in [-0.4, -0.2) is 61.7 Å². The summed E-state index contributed by atoms with van der Waals surface area (Å²) in [4.78, 5) is 30.2. The number of pyridine rings is 1. The molecule has 0 saturated heterocycles. The van der Waals surface area contributed by atoms with E-state index in [0.29, 0.717) is 45.3 Å². The third kappa shape index (κ3) is 15.2. The largest absolute Gasteiger partial charge is 0.497 e. The second-order valence-electron chi connectivity index (χ2n) is 11.2. The van der Waals surface area contributed by atoms with Crippen LogP contribution in [-0.2, 0) is 15.0 Å². The second kappa shape index (κ2) is 22.7. The Balaban J connectivity index is -0.00000400. The number of anilines is 1. The molecule has 0 fully saturated rings. The minimum absolute atomic E-state index is 0. The van der Waals surface area contributed by atoms with Crippen LogP contribution in [0.5, 0.6) is 5.75 Å². The van der Waals surface area contributed by atoms with Crippen molar-refractivity contribution in [2.45, 2.75) is 89.8 Å². The minimum Gasteiger partial charge on any atom is -0.497 e. The zero-order valence-corrected chi connectivity index (χ0v) is 29.2. The van der Waals surface area contributed by atoms with Crippen LogP contribution in [0.3, 0.4) is 0 Å². The SMILES string of the molecule is COc1cc(NC(C)CCCNC(=O)[C@@H](CCCN)NC(=O)[C@H](N)CCCN)c2nc(C(C)(C)C)ccc2c1.Cl.Cl.Cl.Cl. The van der Waals surface area contributed by atoms with Gasteiger partial charge in [-0.05, 0) is 70.7 Å². The number of hydrogen-bond acceptors (Lipinski definition) is 8. The molecule has 250 valence electrons. The molecule has 1 unspecified atom stereocenters. The van der Waals surface area contributed by atoms with Crippen LogP contribution in [0, 0.1) is 0 Å². The summed E-state index contributed by atoms with van der Waals surface area (Å²) in [5.41, 5.74) is 19.9. The first kappa shape index (κ1) is 45.6. The van der Waals surface area contributed by atoms with Gasteiger partial charge in [0.25, 0.3) is 0 Å². The molecule has 1 aromatic carbocycles. The van der Waals surface area contributed by atoms with Gasteiger partial charge in [0.1, 0.15) is 11.8 Å². The van der Waals surface area contributed by atoms with Crippen molar-refractivity contribution in [3.8, 4) is 5.75 Å². The highest BCUT2D eigenvalue weighted by Gasteiger charge is 2.23. The summed E-state index contributed by atoms with van der Waals surface area (Å²) >= 11 is 0. The zero-order valence-electron chi connectivity index (χ0n) is 25.9. The number of nitrogens with two attached hydrogens (primary N) is 3. The number of ether oxygens (including phenoxy) is 1. The third-order valence-electron chi connectivity index (χ3n) is 6.67. The number of hydrogen-bond donors (Lipinski definition) is 6. The van der Waals surface area contributed by atoms with Crippen molar-refractivity contribution in [1.82, 2.24) is 15.6 Å². The Morgan fingerprint density at radius 1 is 0.930 bits per heavy atom. The fourth-order valence-corrected chi connectivity index (χ4v) is 4.27. The predicted molar refractivity (Wildman–Crippen MR) is 188 cm³/mol. The molecular formula is C29H53Cl4N7O3. The highest BCUT2D eigenvalue weighted by molar-refractivity contribution is 5.92. The molecule has 3 atom stereocenters. The van der Waals surface area contributed by atoms with Gasteiger partial charge in [0, 0.05) is 35.1 Å². The Kier molecular flexibility index (Phi) is 24.1. The van der Waals surface area contributed by atoms with Crippen LogP contribution in [0.15, 0.2) is 24.3 Å². The first-order valence-electron chi connectivity index (χ1n) is 14.0. The number of methoxy groups -OCH3 is 1. The van der Waals surface area contributed by atoms with Gasteiger partial charge in [-0.3, -0.25) is 14.6 Å². The lowest BCUT2D eigenvalue weighted by Crippen LogP contribution is -2.52. The van der Waals surface area contributed by atoms with Crippen LogP contribution >= 0.6 is 49.6 Å². The van der Waals surface area contributed by atoms with E-state index in [0.717, 1.165) is 40.9 Å². The Morgan fingerprint density at radius 3 is 2.14 bits per heavy atom. The summed E-state index contributed by atoms with van der Waals surface area (Å²) in [7, 11) is 1.66. The van der Waals surface area contributed by atoms with Crippen molar-refractivity contribution in [3.63, 3.8) is 0 Å². The fourth-order valence-electron chi connectivity index (χ4n) is 4.27. The van der Waals surface area contributed by atoms with Gasteiger partial charge in [0.05, 0.1) is 24.4 Å². The molecule has 14 heteroatoms. The molecule has 1 aromatic heterocycles. The number of nitrogens with zero attached hydrogens (tertiary/aromatic N) is 1. The van der Waals surface area contributed by atoms with E-state index in [1.165, 1.54) is 0 Å². The lowest BCUT2D eigenvalue weighted by atomic mass is 9.91. The highest BCUT2D eigenvalue weighted by Crippen LogP contribution is 2.31. The van der Waals surface area contributed by atoms with Gasteiger partial charge < -0.3 is 37.9 Å². The number of aromatic nitrogens is 1. The lowest BCUT2D eigenvalue weighted by Gasteiger charge is -2.22. The first-order chi connectivity index (χ1) is 18.5. The zero-order chi connectivity index (χ0) is 29.0. The average molecular weight is 690 g/mol. The maximum atomic E-state index is 12.8. The number of carbonyl (C=O) groups is 2. The van der Waals surface area contributed by atoms with Gasteiger partial charge >= 0.3 is 0 Å². The Hall–Kier alpha value is -1.79. The molecule has 9 N–H and O–H groups in total. The standard InChI is InChI=1S/C29H49N7O3.4ClH/c1-19(34-24-18-21(39-5)17-20-12-13-25(29(2,3)4)36-26(20)24)9-8-16-33-28(38)23(11-7-15-31)35-27(37)22(32)10-6-14-30;;;;/h12-13,17-19,22-23,34H,6-11,14-16,30-32H2,1-5H3,(H,33,38)(H,35,37);4*1H/t19?,22-,23-;;;;/m1..../s1. The monoisotopic (exact) mass is 687 g/mol. The molecule has 2 rings (SSSR count). The Morgan fingerprint density at radius 2 is 1.56 bits per heavy atom. The van der Waals surface area contributed by atoms with E-state index < -0.39 is 12.1 Å². The minimum atomic E-state index is -0.685. The van der Waals surface area contributed by atoms with E-state index in [9.17, 15) is 9.59 Å². The maximum Gasteiger partial charge on any atom is 0.242 e. The van der Waals surface area contributed by atoms with Crippen molar-refractivity contribution in [2.24, 2.45) is 17.2 Å². The predicted octanol–water partition coefficient (Wildman–Crippen LogP) is 4.21. The van der Waals surface area contributed by atoms with E-state index in [1.807, 2.05) is 12.1 Å². The quantitative estimate of drug-likeness (QED) is 0.142. The number of benzene rings is 1. The van der Waals surface area contributed by atoms with Crippen molar-refractivity contribution >= 4 is 78.0 Å². The molecule has 0 aliphatic heterocycles. The summed E-state index contributed by atoms with van der Waals surface area (Å²) in [5, 5.41) is 10.3. The molecule has 1 heterocycles. The molecule has 0 bridgehead atoms. The number of halogens is 4.